The third-order valence-corrected chi connectivity index (χ3v) is 3.08. The van der Waals surface area contributed by atoms with Gasteiger partial charge < -0.3 is 5.32 Å². The standard InChI is InChI=1S/C15H17N5O/c1-10-7-11(2)20(19-10)13-6-5-12(8-17-13)18-14(21)15(3,4)9-16/h5-8H,1-4H3,(H,18,21). The van der Waals surface area contributed by atoms with Gasteiger partial charge in [0.25, 0.3) is 0 Å². The summed E-state index contributed by atoms with van der Waals surface area (Å²) in [5.41, 5.74) is 1.38. The molecule has 0 atom stereocenters. The highest BCUT2D eigenvalue weighted by Crippen LogP contribution is 2.18. The molecule has 0 aliphatic heterocycles. The van der Waals surface area contributed by atoms with Crippen LogP contribution in [0.15, 0.2) is 24.4 Å². The second-order valence-electron chi connectivity index (χ2n) is 5.43. The Hall–Kier alpha value is -2.68. The highest BCUT2D eigenvalue weighted by Gasteiger charge is 2.27. The van der Waals surface area contributed by atoms with Crippen LogP contribution >= 0.6 is 0 Å². The Morgan fingerprint density at radius 3 is 2.57 bits per heavy atom. The summed E-state index contributed by atoms with van der Waals surface area (Å²) < 4.78 is 1.74. The molecule has 108 valence electrons. The number of rotatable bonds is 3. The quantitative estimate of drug-likeness (QED) is 0.937. The van der Waals surface area contributed by atoms with E-state index in [0.29, 0.717) is 11.5 Å². The van der Waals surface area contributed by atoms with Crippen LogP contribution in [0.3, 0.4) is 0 Å². The molecule has 0 radical (unpaired) electrons. The number of carbonyl (C=O) groups excluding carboxylic acids is 1. The number of aromatic nitrogens is 3. The molecule has 2 rings (SSSR count). The average Bonchev–Trinajstić information content (AvgIpc) is 2.78. The summed E-state index contributed by atoms with van der Waals surface area (Å²) >= 11 is 0. The molecule has 0 saturated carbocycles. The number of nitriles is 1. The van der Waals surface area contributed by atoms with Crippen LogP contribution in [0.2, 0.25) is 0 Å². The van der Waals surface area contributed by atoms with Gasteiger partial charge in [-0.1, -0.05) is 0 Å². The molecule has 0 bridgehead atoms. The van der Waals surface area contributed by atoms with Crippen molar-refractivity contribution in [1.82, 2.24) is 14.8 Å². The minimum atomic E-state index is -1.08. The third kappa shape index (κ3) is 3.08. The zero-order valence-corrected chi connectivity index (χ0v) is 12.5. The van der Waals surface area contributed by atoms with Crippen LogP contribution in [0.25, 0.3) is 5.82 Å². The predicted octanol–water partition coefficient (Wildman–Crippen LogP) is 2.37. The normalized spacial score (nSPS) is 11.0. The first-order valence-electron chi connectivity index (χ1n) is 6.56. The van der Waals surface area contributed by atoms with Gasteiger partial charge in [-0.15, -0.1) is 0 Å². The van der Waals surface area contributed by atoms with Crippen molar-refractivity contribution in [1.29, 1.82) is 5.26 Å². The molecular weight excluding hydrogens is 266 g/mol. The van der Waals surface area contributed by atoms with Gasteiger partial charge in [-0.3, -0.25) is 4.79 Å². The molecule has 1 amide bonds. The van der Waals surface area contributed by atoms with Gasteiger partial charge in [0.15, 0.2) is 5.82 Å². The number of anilines is 1. The fourth-order valence-corrected chi connectivity index (χ4v) is 1.78. The largest absolute Gasteiger partial charge is 0.323 e. The van der Waals surface area contributed by atoms with Gasteiger partial charge in [0.1, 0.15) is 5.41 Å². The first-order chi connectivity index (χ1) is 9.83. The molecular formula is C15H17N5O. The predicted molar refractivity (Wildman–Crippen MR) is 78.9 cm³/mol. The van der Waals surface area contributed by atoms with Crippen LogP contribution in [-0.2, 0) is 4.79 Å². The molecule has 0 unspecified atom stereocenters. The number of aryl methyl sites for hydroxylation is 2. The molecule has 0 aliphatic rings. The van der Waals surface area contributed by atoms with E-state index >= 15 is 0 Å². The van der Waals surface area contributed by atoms with E-state index in [4.69, 9.17) is 5.26 Å². The van der Waals surface area contributed by atoms with Gasteiger partial charge in [0, 0.05) is 5.69 Å². The minimum absolute atomic E-state index is 0.356. The molecule has 0 saturated heterocycles. The van der Waals surface area contributed by atoms with E-state index in [1.807, 2.05) is 26.0 Å². The van der Waals surface area contributed by atoms with Gasteiger partial charge in [0.2, 0.25) is 5.91 Å². The molecule has 2 heterocycles. The summed E-state index contributed by atoms with van der Waals surface area (Å²) in [6.07, 6.45) is 1.55. The molecule has 6 heteroatoms. The van der Waals surface area contributed by atoms with Crippen molar-refractivity contribution in [3.63, 3.8) is 0 Å². The van der Waals surface area contributed by atoms with Crippen LogP contribution < -0.4 is 5.32 Å². The first-order valence-corrected chi connectivity index (χ1v) is 6.56. The van der Waals surface area contributed by atoms with Crippen molar-refractivity contribution in [3.8, 4) is 11.9 Å². The molecule has 0 aromatic carbocycles. The van der Waals surface area contributed by atoms with Crippen LogP contribution in [-0.4, -0.2) is 20.7 Å². The number of pyridine rings is 1. The van der Waals surface area contributed by atoms with E-state index in [1.165, 1.54) is 0 Å². The van der Waals surface area contributed by atoms with Crippen LogP contribution in [0.1, 0.15) is 25.2 Å². The summed E-state index contributed by atoms with van der Waals surface area (Å²) in [7, 11) is 0. The summed E-state index contributed by atoms with van der Waals surface area (Å²) in [5, 5.41) is 16.0. The SMILES string of the molecule is Cc1cc(C)n(-c2ccc(NC(=O)C(C)(C)C#N)cn2)n1. The summed E-state index contributed by atoms with van der Waals surface area (Å²) in [6, 6.07) is 7.44. The number of nitrogens with zero attached hydrogens (tertiary/aromatic N) is 4. The fourth-order valence-electron chi connectivity index (χ4n) is 1.78. The Kier molecular flexibility index (Phi) is 3.76. The smallest absolute Gasteiger partial charge is 0.244 e. The molecule has 1 N–H and O–H groups in total. The Balaban J connectivity index is 2.19. The first kappa shape index (κ1) is 14.7. The van der Waals surface area contributed by atoms with Gasteiger partial charge in [0.05, 0.1) is 23.6 Å². The maximum Gasteiger partial charge on any atom is 0.244 e. The Bertz CT molecular complexity index is 707. The van der Waals surface area contributed by atoms with Crippen LogP contribution in [0.4, 0.5) is 5.69 Å². The van der Waals surface area contributed by atoms with Gasteiger partial charge in [-0.2, -0.15) is 10.4 Å². The fraction of sp³-hybridized carbons (Fsp3) is 0.333. The van der Waals surface area contributed by atoms with Crippen molar-refractivity contribution < 1.29 is 4.79 Å². The van der Waals surface area contributed by atoms with Gasteiger partial charge >= 0.3 is 0 Å². The molecule has 21 heavy (non-hydrogen) atoms. The monoisotopic (exact) mass is 283 g/mol. The lowest BCUT2D eigenvalue weighted by atomic mass is 9.95. The van der Waals surface area contributed by atoms with Crippen molar-refractivity contribution in [2.24, 2.45) is 5.41 Å². The molecule has 0 aliphatic carbocycles. The topological polar surface area (TPSA) is 83.6 Å². The lowest BCUT2D eigenvalue weighted by Gasteiger charge is -2.14. The number of hydrogen-bond acceptors (Lipinski definition) is 4. The van der Waals surface area contributed by atoms with Crippen LogP contribution in [0.5, 0.6) is 0 Å². The van der Waals surface area contributed by atoms with Crippen molar-refractivity contribution in [2.75, 3.05) is 5.32 Å². The number of carbonyl (C=O) groups is 1. The lowest BCUT2D eigenvalue weighted by molar-refractivity contribution is -0.121. The van der Waals surface area contributed by atoms with E-state index < -0.39 is 5.41 Å². The highest BCUT2D eigenvalue weighted by molar-refractivity contribution is 5.96. The number of amides is 1. The second kappa shape index (κ2) is 5.37. The second-order valence-corrected chi connectivity index (χ2v) is 5.43. The molecule has 2 aromatic rings. The van der Waals surface area contributed by atoms with E-state index in [2.05, 4.69) is 15.4 Å². The Morgan fingerprint density at radius 1 is 1.38 bits per heavy atom. The Labute approximate surface area is 123 Å². The van der Waals surface area contributed by atoms with Crippen molar-refractivity contribution in [2.45, 2.75) is 27.7 Å². The van der Waals surface area contributed by atoms with Crippen LogP contribution in [0, 0.1) is 30.6 Å². The molecule has 6 nitrogen and oxygen atoms in total. The maximum absolute atomic E-state index is 11.9. The highest BCUT2D eigenvalue weighted by atomic mass is 16.2. The zero-order chi connectivity index (χ0) is 15.6. The van der Waals surface area contributed by atoms with Gasteiger partial charge in [-0.25, -0.2) is 9.67 Å². The van der Waals surface area contributed by atoms with E-state index in [0.717, 1.165) is 11.4 Å². The lowest BCUT2D eigenvalue weighted by Crippen LogP contribution is -2.29. The van der Waals surface area contributed by atoms with E-state index in [9.17, 15) is 4.79 Å². The van der Waals surface area contributed by atoms with E-state index in [-0.39, 0.29) is 5.91 Å². The summed E-state index contributed by atoms with van der Waals surface area (Å²) in [5.74, 6) is 0.323. The third-order valence-electron chi connectivity index (χ3n) is 3.08. The number of nitrogens with one attached hydrogen (secondary N) is 1. The molecule has 0 spiro atoms. The molecule has 2 aromatic heterocycles. The van der Waals surface area contributed by atoms with Gasteiger partial charge in [-0.05, 0) is 45.9 Å². The average molecular weight is 283 g/mol. The van der Waals surface area contributed by atoms with E-state index in [1.54, 1.807) is 36.9 Å². The number of hydrogen-bond donors (Lipinski definition) is 1. The maximum atomic E-state index is 11.9. The van der Waals surface area contributed by atoms with Crippen molar-refractivity contribution >= 4 is 11.6 Å². The summed E-state index contributed by atoms with van der Waals surface area (Å²) in [4.78, 5) is 16.2. The summed E-state index contributed by atoms with van der Waals surface area (Å²) in [6.45, 7) is 7.01. The molecule has 0 fully saturated rings. The zero-order valence-electron chi connectivity index (χ0n) is 12.5. The van der Waals surface area contributed by atoms with Crippen molar-refractivity contribution in [3.05, 3.63) is 35.8 Å². The Morgan fingerprint density at radius 2 is 2.10 bits per heavy atom. The minimum Gasteiger partial charge on any atom is -0.323 e.